The molecule has 2 heterocycles. The van der Waals surface area contributed by atoms with Crippen LogP contribution >= 0.6 is 0 Å². The number of hydrogen-bond acceptors (Lipinski definition) is 3. The predicted molar refractivity (Wildman–Crippen MR) is 110 cm³/mol. The van der Waals surface area contributed by atoms with Crippen molar-refractivity contribution in [2.45, 2.75) is 46.6 Å². The Morgan fingerprint density at radius 2 is 1.93 bits per heavy atom. The molecule has 1 aromatic heterocycles. The second kappa shape index (κ2) is 8.09. The smallest absolute Gasteiger partial charge is 0.251 e. The standard InChI is InChI=1S/C22H29N3O3/c1-14-13-17(8-9-18(14)28-4)20-15(2)25(16(3)21(20)22(23)27)12-6-11-24-10-5-7-19(24)26/h8-9,13H,5-7,10-12H2,1-4H3,(H2,23,27). The molecule has 0 unspecified atom stereocenters. The summed E-state index contributed by atoms with van der Waals surface area (Å²) in [7, 11) is 1.65. The Bertz CT molecular complexity index is 914. The van der Waals surface area contributed by atoms with Crippen molar-refractivity contribution >= 4 is 11.8 Å². The minimum absolute atomic E-state index is 0.244. The third-order valence-corrected chi connectivity index (χ3v) is 5.69. The summed E-state index contributed by atoms with van der Waals surface area (Å²) in [4.78, 5) is 26.0. The third kappa shape index (κ3) is 3.63. The molecule has 1 saturated heterocycles. The Hall–Kier alpha value is -2.76. The molecule has 1 aliphatic heterocycles. The van der Waals surface area contributed by atoms with Crippen molar-refractivity contribution in [2.24, 2.45) is 5.73 Å². The molecule has 0 radical (unpaired) electrons. The topological polar surface area (TPSA) is 77.6 Å². The maximum absolute atomic E-state index is 12.2. The first kappa shape index (κ1) is 20.0. The van der Waals surface area contributed by atoms with Gasteiger partial charge in [0.25, 0.3) is 5.91 Å². The molecule has 0 atom stereocenters. The highest BCUT2D eigenvalue weighted by atomic mass is 16.5. The number of aromatic nitrogens is 1. The highest BCUT2D eigenvalue weighted by Crippen LogP contribution is 2.34. The number of aryl methyl sites for hydroxylation is 1. The van der Waals surface area contributed by atoms with E-state index in [1.807, 2.05) is 43.9 Å². The molecular weight excluding hydrogens is 354 g/mol. The van der Waals surface area contributed by atoms with Gasteiger partial charge >= 0.3 is 0 Å². The molecule has 6 heteroatoms. The number of amides is 2. The van der Waals surface area contributed by atoms with E-state index in [0.717, 1.165) is 66.3 Å². The van der Waals surface area contributed by atoms with Crippen molar-refractivity contribution in [1.29, 1.82) is 0 Å². The molecule has 3 rings (SSSR count). The van der Waals surface area contributed by atoms with Gasteiger partial charge in [-0.25, -0.2) is 0 Å². The molecule has 28 heavy (non-hydrogen) atoms. The van der Waals surface area contributed by atoms with E-state index in [4.69, 9.17) is 10.5 Å². The van der Waals surface area contributed by atoms with Crippen LogP contribution in [0.1, 0.15) is 46.6 Å². The van der Waals surface area contributed by atoms with Gasteiger partial charge in [0.05, 0.1) is 12.7 Å². The summed E-state index contributed by atoms with van der Waals surface area (Å²) < 4.78 is 7.50. The van der Waals surface area contributed by atoms with E-state index < -0.39 is 5.91 Å². The summed E-state index contributed by atoms with van der Waals surface area (Å²) in [5, 5.41) is 0. The van der Waals surface area contributed by atoms with Crippen molar-refractivity contribution < 1.29 is 14.3 Å². The first-order valence-electron chi connectivity index (χ1n) is 9.77. The molecule has 0 aliphatic carbocycles. The molecule has 0 bridgehead atoms. The molecule has 6 nitrogen and oxygen atoms in total. The van der Waals surface area contributed by atoms with E-state index in [1.54, 1.807) is 7.11 Å². The van der Waals surface area contributed by atoms with Crippen LogP contribution < -0.4 is 10.5 Å². The highest BCUT2D eigenvalue weighted by Gasteiger charge is 2.24. The maximum atomic E-state index is 12.2. The fourth-order valence-electron chi connectivity index (χ4n) is 4.27. The van der Waals surface area contributed by atoms with Crippen LogP contribution in [0, 0.1) is 20.8 Å². The Morgan fingerprint density at radius 1 is 1.18 bits per heavy atom. The number of nitrogens with two attached hydrogens (primary N) is 1. The van der Waals surface area contributed by atoms with Crippen LogP contribution in [0.5, 0.6) is 5.75 Å². The van der Waals surface area contributed by atoms with Gasteiger partial charge in [-0.15, -0.1) is 0 Å². The lowest BCUT2D eigenvalue weighted by Gasteiger charge is -2.16. The summed E-state index contributed by atoms with van der Waals surface area (Å²) in [5.41, 5.74) is 11.1. The summed E-state index contributed by atoms with van der Waals surface area (Å²) >= 11 is 0. The number of hydrogen-bond donors (Lipinski definition) is 1. The largest absolute Gasteiger partial charge is 0.496 e. The van der Waals surface area contributed by atoms with Gasteiger partial charge in [-0.2, -0.15) is 0 Å². The van der Waals surface area contributed by atoms with Crippen molar-refractivity contribution in [3.8, 4) is 16.9 Å². The number of nitrogens with zero attached hydrogens (tertiary/aromatic N) is 2. The SMILES string of the molecule is COc1ccc(-c2c(C(N)=O)c(C)n(CCCN3CCCC3=O)c2C)cc1C. The molecule has 0 spiro atoms. The van der Waals surface area contributed by atoms with E-state index in [9.17, 15) is 9.59 Å². The summed E-state index contributed by atoms with van der Waals surface area (Å²) in [6.07, 6.45) is 2.46. The number of likely N-dealkylation sites (tertiary alicyclic amines) is 1. The van der Waals surface area contributed by atoms with Crippen LogP contribution in [-0.2, 0) is 11.3 Å². The zero-order valence-corrected chi connectivity index (χ0v) is 17.2. The minimum Gasteiger partial charge on any atom is -0.496 e. The molecule has 1 aromatic carbocycles. The summed E-state index contributed by atoms with van der Waals surface area (Å²) in [6.45, 7) is 8.29. The number of carbonyl (C=O) groups excluding carboxylic acids is 2. The first-order chi connectivity index (χ1) is 13.3. The number of primary amides is 1. The number of carbonyl (C=O) groups is 2. The monoisotopic (exact) mass is 383 g/mol. The second-order valence-corrected chi connectivity index (χ2v) is 7.46. The average molecular weight is 383 g/mol. The van der Waals surface area contributed by atoms with Crippen molar-refractivity contribution in [3.63, 3.8) is 0 Å². The molecular formula is C22H29N3O3. The van der Waals surface area contributed by atoms with Crippen LogP contribution in [0.15, 0.2) is 18.2 Å². The van der Waals surface area contributed by atoms with Gasteiger partial charge in [0.1, 0.15) is 5.75 Å². The molecule has 150 valence electrons. The van der Waals surface area contributed by atoms with Crippen molar-refractivity contribution in [3.05, 3.63) is 40.7 Å². The highest BCUT2D eigenvalue weighted by molar-refractivity contribution is 6.02. The lowest BCUT2D eigenvalue weighted by atomic mass is 9.98. The Labute approximate surface area is 166 Å². The molecule has 2 amide bonds. The zero-order valence-electron chi connectivity index (χ0n) is 17.2. The van der Waals surface area contributed by atoms with E-state index in [2.05, 4.69) is 4.57 Å². The van der Waals surface area contributed by atoms with Crippen LogP contribution in [0.2, 0.25) is 0 Å². The van der Waals surface area contributed by atoms with Crippen molar-refractivity contribution in [2.75, 3.05) is 20.2 Å². The Morgan fingerprint density at radius 3 is 2.50 bits per heavy atom. The van der Waals surface area contributed by atoms with E-state index in [1.165, 1.54) is 0 Å². The maximum Gasteiger partial charge on any atom is 0.251 e. The van der Waals surface area contributed by atoms with E-state index in [0.29, 0.717) is 12.0 Å². The van der Waals surface area contributed by atoms with Crippen molar-refractivity contribution in [1.82, 2.24) is 9.47 Å². The number of ether oxygens (including phenoxy) is 1. The lowest BCUT2D eigenvalue weighted by Crippen LogP contribution is -2.26. The number of rotatable bonds is 7. The minimum atomic E-state index is -0.419. The Balaban J connectivity index is 1.92. The fraction of sp³-hybridized carbons (Fsp3) is 0.455. The second-order valence-electron chi connectivity index (χ2n) is 7.46. The van der Waals surface area contributed by atoms with Crippen LogP contribution in [-0.4, -0.2) is 41.5 Å². The molecule has 1 fully saturated rings. The summed E-state index contributed by atoms with van der Waals surface area (Å²) in [5.74, 6) is 0.638. The van der Waals surface area contributed by atoms with Gasteiger partial charge < -0.3 is 19.9 Å². The van der Waals surface area contributed by atoms with Crippen LogP contribution in [0.4, 0.5) is 0 Å². The predicted octanol–water partition coefficient (Wildman–Crippen LogP) is 3.20. The average Bonchev–Trinajstić information content (AvgIpc) is 3.17. The normalized spacial score (nSPS) is 14.0. The van der Waals surface area contributed by atoms with E-state index in [-0.39, 0.29) is 5.91 Å². The number of methoxy groups -OCH3 is 1. The third-order valence-electron chi connectivity index (χ3n) is 5.69. The van der Waals surface area contributed by atoms with Crippen LogP contribution in [0.3, 0.4) is 0 Å². The van der Waals surface area contributed by atoms with Gasteiger partial charge in [0.2, 0.25) is 5.91 Å². The van der Waals surface area contributed by atoms with Crippen LogP contribution in [0.25, 0.3) is 11.1 Å². The van der Waals surface area contributed by atoms with E-state index >= 15 is 0 Å². The van der Waals surface area contributed by atoms with Gasteiger partial charge in [-0.3, -0.25) is 9.59 Å². The summed E-state index contributed by atoms with van der Waals surface area (Å²) in [6, 6.07) is 5.91. The zero-order chi connectivity index (χ0) is 20.4. The quantitative estimate of drug-likeness (QED) is 0.797. The molecule has 2 N–H and O–H groups in total. The molecule has 1 aliphatic rings. The molecule has 0 saturated carbocycles. The fourth-order valence-corrected chi connectivity index (χ4v) is 4.27. The van der Waals surface area contributed by atoms with Gasteiger partial charge in [0.15, 0.2) is 0 Å². The first-order valence-corrected chi connectivity index (χ1v) is 9.77. The number of benzene rings is 1. The van der Waals surface area contributed by atoms with Gasteiger partial charge in [0, 0.05) is 43.0 Å². The molecule has 2 aromatic rings. The Kier molecular flexibility index (Phi) is 5.77. The van der Waals surface area contributed by atoms with Gasteiger partial charge in [-0.05, 0) is 56.9 Å². The van der Waals surface area contributed by atoms with Gasteiger partial charge in [-0.1, -0.05) is 6.07 Å². The lowest BCUT2D eigenvalue weighted by molar-refractivity contribution is -0.127.